The molecule has 2 aromatic rings. The maximum Gasteiger partial charge on any atom is 0.257 e. The molecule has 8 heteroatoms. The van der Waals surface area contributed by atoms with Crippen LogP contribution < -0.4 is 10.6 Å². The van der Waals surface area contributed by atoms with Crippen LogP contribution in [0.4, 0.5) is 0 Å². The molecule has 0 radical (unpaired) electrons. The number of benzene rings is 1. The van der Waals surface area contributed by atoms with Crippen LogP contribution >= 0.6 is 11.6 Å². The van der Waals surface area contributed by atoms with Crippen molar-refractivity contribution in [2.45, 2.75) is 44.7 Å². The van der Waals surface area contributed by atoms with Gasteiger partial charge in [0.1, 0.15) is 17.0 Å². The quantitative estimate of drug-likeness (QED) is 0.757. The second-order valence-corrected chi connectivity index (χ2v) is 8.59. The molecule has 7 nitrogen and oxygen atoms in total. The number of hydrogen-bond donors (Lipinski definition) is 2. The number of ether oxygens (including phenoxy) is 1. The van der Waals surface area contributed by atoms with Gasteiger partial charge in [-0.15, -0.1) is 0 Å². The number of halogens is 1. The lowest BCUT2D eigenvalue weighted by Crippen LogP contribution is -2.56. The largest absolute Gasteiger partial charge is 0.384 e. The van der Waals surface area contributed by atoms with E-state index in [9.17, 15) is 9.59 Å². The second kappa shape index (κ2) is 8.78. The summed E-state index contributed by atoms with van der Waals surface area (Å²) in [6.45, 7) is 2.31. The maximum absolute atomic E-state index is 13.1. The van der Waals surface area contributed by atoms with E-state index in [1.165, 1.54) is 0 Å². The van der Waals surface area contributed by atoms with Gasteiger partial charge in [0.25, 0.3) is 5.91 Å². The van der Waals surface area contributed by atoms with Gasteiger partial charge >= 0.3 is 0 Å². The zero-order valence-electron chi connectivity index (χ0n) is 17.1. The highest BCUT2D eigenvalue weighted by molar-refractivity contribution is 6.33. The summed E-state index contributed by atoms with van der Waals surface area (Å²) in [7, 11) is 1.67. The first kappa shape index (κ1) is 20.9. The lowest BCUT2D eigenvalue weighted by Gasteiger charge is -2.43. The van der Waals surface area contributed by atoms with Crippen molar-refractivity contribution in [3.05, 3.63) is 40.6 Å². The van der Waals surface area contributed by atoms with E-state index in [0.29, 0.717) is 53.0 Å². The lowest BCUT2D eigenvalue weighted by molar-refractivity contribution is -0.128. The van der Waals surface area contributed by atoms with E-state index in [-0.39, 0.29) is 29.8 Å². The topological polar surface area (TPSA) is 93.5 Å². The number of hydrogen-bond acceptors (Lipinski definition) is 5. The summed E-state index contributed by atoms with van der Waals surface area (Å²) in [4.78, 5) is 25.2. The van der Waals surface area contributed by atoms with Crippen LogP contribution in [-0.4, -0.2) is 42.8 Å². The maximum atomic E-state index is 13.1. The van der Waals surface area contributed by atoms with Crippen LogP contribution in [0.15, 0.2) is 28.8 Å². The molecule has 2 amide bonds. The normalized spacial score (nSPS) is 26.0. The lowest BCUT2D eigenvalue weighted by atomic mass is 9.71. The number of nitrogens with one attached hydrogen (secondary N) is 2. The Labute approximate surface area is 180 Å². The average molecular weight is 432 g/mol. The van der Waals surface area contributed by atoms with E-state index in [4.69, 9.17) is 20.9 Å². The Bertz CT molecular complexity index is 944. The number of nitrogens with zero attached hydrogens (tertiary/aromatic N) is 1. The second-order valence-electron chi connectivity index (χ2n) is 8.18. The molecule has 4 rings (SSSR count). The predicted molar refractivity (Wildman–Crippen MR) is 112 cm³/mol. The highest BCUT2D eigenvalue weighted by Crippen LogP contribution is 2.36. The first-order chi connectivity index (χ1) is 14.5. The molecular formula is C22H26ClN3O4. The third-order valence-corrected chi connectivity index (χ3v) is 6.57. The summed E-state index contributed by atoms with van der Waals surface area (Å²) in [5.41, 5.74) is 1.50. The van der Waals surface area contributed by atoms with Crippen molar-refractivity contribution in [2.24, 2.45) is 11.8 Å². The summed E-state index contributed by atoms with van der Waals surface area (Å²) in [6.07, 6.45) is 3.00. The third-order valence-electron chi connectivity index (χ3n) is 6.24. The Morgan fingerprint density at radius 3 is 2.93 bits per heavy atom. The molecule has 30 heavy (non-hydrogen) atoms. The molecule has 160 valence electrons. The fourth-order valence-corrected chi connectivity index (χ4v) is 5.07. The third kappa shape index (κ3) is 4.09. The number of aryl methyl sites for hydroxylation is 1. The first-order valence-electron chi connectivity index (χ1n) is 10.3. The van der Waals surface area contributed by atoms with E-state index in [0.717, 1.165) is 12.8 Å². The number of piperidine rings is 1. The van der Waals surface area contributed by atoms with Crippen molar-refractivity contribution in [3.63, 3.8) is 0 Å². The summed E-state index contributed by atoms with van der Waals surface area (Å²) >= 11 is 6.30. The van der Waals surface area contributed by atoms with Crippen LogP contribution in [0.2, 0.25) is 5.02 Å². The average Bonchev–Trinajstić information content (AvgIpc) is 3.09. The fourth-order valence-electron chi connectivity index (χ4n) is 4.84. The van der Waals surface area contributed by atoms with Gasteiger partial charge in [-0.1, -0.05) is 35.0 Å². The van der Waals surface area contributed by atoms with E-state index in [1.807, 2.05) is 18.2 Å². The standard InChI is InChI=1S/C22H26ClN3O4/c1-12-20(21(26-30-12)16-5-3-4-6-17(16)23)22(28)24-14-7-8-15-13(11-29-2)9-19(27)25-18(15)10-14/h3-6,13-15,18H,7-11H2,1-2H3,(H,24,28)(H,25,27). The zero-order chi connectivity index (χ0) is 21.3. The van der Waals surface area contributed by atoms with Crippen molar-refractivity contribution in [3.8, 4) is 11.3 Å². The Kier molecular flexibility index (Phi) is 6.11. The number of fused-ring (bicyclic) bond motifs is 1. The minimum absolute atomic E-state index is 0.0336. The van der Waals surface area contributed by atoms with Gasteiger partial charge in [0.2, 0.25) is 5.91 Å². The number of aromatic nitrogens is 1. The predicted octanol–water partition coefficient (Wildman–Crippen LogP) is 3.35. The summed E-state index contributed by atoms with van der Waals surface area (Å²) in [5, 5.41) is 10.8. The Morgan fingerprint density at radius 2 is 2.17 bits per heavy atom. The molecule has 1 aromatic carbocycles. The van der Waals surface area contributed by atoms with Gasteiger partial charge in [-0.3, -0.25) is 9.59 Å². The summed E-state index contributed by atoms with van der Waals surface area (Å²) < 4.78 is 10.6. The Balaban J connectivity index is 1.49. The fraction of sp³-hybridized carbons (Fsp3) is 0.500. The molecule has 1 aliphatic carbocycles. The highest BCUT2D eigenvalue weighted by atomic mass is 35.5. The molecule has 4 unspecified atom stereocenters. The minimum Gasteiger partial charge on any atom is -0.384 e. The van der Waals surface area contributed by atoms with Crippen molar-refractivity contribution in [1.82, 2.24) is 15.8 Å². The number of amides is 2. The molecule has 2 fully saturated rings. The highest BCUT2D eigenvalue weighted by Gasteiger charge is 2.41. The molecule has 0 bridgehead atoms. The number of carbonyl (C=O) groups excluding carboxylic acids is 2. The zero-order valence-corrected chi connectivity index (χ0v) is 17.9. The number of carbonyl (C=O) groups is 2. The van der Waals surface area contributed by atoms with Gasteiger partial charge in [-0.05, 0) is 44.1 Å². The number of rotatable bonds is 5. The first-order valence-corrected chi connectivity index (χ1v) is 10.7. The van der Waals surface area contributed by atoms with Gasteiger partial charge in [0.15, 0.2) is 0 Å². The van der Waals surface area contributed by atoms with Gasteiger partial charge in [0.05, 0.1) is 5.02 Å². The van der Waals surface area contributed by atoms with Crippen LogP contribution in [0.25, 0.3) is 11.3 Å². The van der Waals surface area contributed by atoms with E-state index < -0.39 is 0 Å². The van der Waals surface area contributed by atoms with Crippen molar-refractivity contribution in [2.75, 3.05) is 13.7 Å². The molecule has 4 atom stereocenters. The molecule has 2 aliphatic rings. The SMILES string of the molecule is COCC1CC(=O)NC2CC(NC(=O)c3c(-c4ccccc4Cl)noc3C)CCC12. The minimum atomic E-state index is -0.234. The Morgan fingerprint density at radius 1 is 1.37 bits per heavy atom. The van der Waals surface area contributed by atoms with Gasteiger partial charge < -0.3 is 19.9 Å². The smallest absolute Gasteiger partial charge is 0.257 e. The van der Waals surface area contributed by atoms with Crippen molar-refractivity contribution in [1.29, 1.82) is 0 Å². The van der Waals surface area contributed by atoms with Crippen molar-refractivity contribution < 1.29 is 18.8 Å². The summed E-state index contributed by atoms with van der Waals surface area (Å²) in [5.74, 6) is 0.885. The van der Waals surface area contributed by atoms with E-state index in [2.05, 4.69) is 15.8 Å². The molecule has 0 spiro atoms. The monoisotopic (exact) mass is 431 g/mol. The molecule has 1 saturated carbocycles. The molecule has 1 aliphatic heterocycles. The van der Waals surface area contributed by atoms with E-state index in [1.54, 1.807) is 20.1 Å². The van der Waals surface area contributed by atoms with Gasteiger partial charge in [-0.25, -0.2) is 0 Å². The molecule has 1 saturated heterocycles. The van der Waals surface area contributed by atoms with Crippen LogP contribution in [-0.2, 0) is 9.53 Å². The van der Waals surface area contributed by atoms with Crippen LogP contribution in [0, 0.1) is 18.8 Å². The molecular weight excluding hydrogens is 406 g/mol. The van der Waals surface area contributed by atoms with Gasteiger partial charge in [-0.2, -0.15) is 0 Å². The van der Waals surface area contributed by atoms with Crippen LogP contribution in [0.1, 0.15) is 41.8 Å². The van der Waals surface area contributed by atoms with Crippen molar-refractivity contribution >= 4 is 23.4 Å². The molecule has 2 N–H and O–H groups in total. The summed E-state index contributed by atoms with van der Waals surface area (Å²) in [6, 6.07) is 7.26. The number of methoxy groups -OCH3 is 1. The molecule has 2 heterocycles. The van der Waals surface area contributed by atoms with Gasteiger partial charge in [0, 0.05) is 37.8 Å². The van der Waals surface area contributed by atoms with E-state index >= 15 is 0 Å². The van der Waals surface area contributed by atoms with Crippen LogP contribution in [0.3, 0.4) is 0 Å². The van der Waals surface area contributed by atoms with Crippen LogP contribution in [0.5, 0.6) is 0 Å². The molecule has 1 aromatic heterocycles. The Hall–Kier alpha value is -2.38.